The maximum atomic E-state index is 4.38. The molecule has 0 saturated heterocycles. The summed E-state index contributed by atoms with van der Waals surface area (Å²) in [7, 11) is 0. The number of benzene rings is 2. The Labute approximate surface area is 108 Å². The molecule has 0 aliphatic carbocycles. The second-order valence-corrected chi connectivity index (χ2v) is 4.35. The van der Waals surface area contributed by atoms with Gasteiger partial charge in [-0.25, -0.2) is 0 Å². The van der Waals surface area contributed by atoms with Crippen molar-refractivity contribution in [2.75, 3.05) is 0 Å². The highest BCUT2D eigenvalue weighted by Crippen LogP contribution is 2.13. The van der Waals surface area contributed by atoms with Crippen molar-refractivity contribution in [2.45, 2.75) is 19.9 Å². The topological polar surface area (TPSA) is 15.4 Å². The highest BCUT2D eigenvalue weighted by molar-refractivity contribution is 5.50. The van der Waals surface area contributed by atoms with E-state index < -0.39 is 0 Å². The van der Waals surface area contributed by atoms with Gasteiger partial charge in [-0.2, -0.15) is 4.58 Å². The van der Waals surface area contributed by atoms with E-state index in [1.165, 1.54) is 0 Å². The molecule has 0 unspecified atom stereocenters. The summed E-state index contributed by atoms with van der Waals surface area (Å²) >= 11 is 0. The number of nitrogens with zero attached hydrogens (tertiary/aromatic N) is 2. The number of hydrogen-bond donors (Lipinski definition) is 0. The molecule has 0 N–H and O–H groups in total. The fourth-order valence-corrected chi connectivity index (χ4v) is 1.67. The molecule has 2 rings (SSSR count). The van der Waals surface area contributed by atoms with Crippen LogP contribution >= 0.6 is 0 Å². The van der Waals surface area contributed by atoms with Gasteiger partial charge in [-0.15, -0.1) is 0 Å². The summed E-state index contributed by atoms with van der Waals surface area (Å²) in [6.45, 7) is 4.25. The summed E-state index contributed by atoms with van der Waals surface area (Å²) in [5.74, 6) is 0. The second-order valence-electron chi connectivity index (χ2n) is 4.35. The molecule has 0 spiro atoms. The van der Waals surface area contributed by atoms with E-state index in [2.05, 4.69) is 37.0 Å². The van der Waals surface area contributed by atoms with E-state index in [1.807, 2.05) is 53.1 Å². The minimum Gasteiger partial charge on any atom is -0.183 e. The Bertz CT molecular complexity index is 550. The predicted octanol–water partition coefficient (Wildman–Crippen LogP) is 4.24. The molecule has 0 heterocycles. The third kappa shape index (κ3) is 3.16. The molecule has 2 nitrogen and oxygen atoms in total. The lowest BCUT2D eigenvalue weighted by Gasteiger charge is -2.05. The lowest BCUT2D eigenvalue weighted by Crippen LogP contribution is -2.13. The largest absolute Gasteiger partial charge is 0.318 e. The third-order valence-corrected chi connectivity index (χ3v) is 2.59. The van der Waals surface area contributed by atoms with Crippen molar-refractivity contribution < 1.29 is 4.58 Å². The minimum absolute atomic E-state index is 0.319. The first-order valence-electron chi connectivity index (χ1n) is 6.13. The third-order valence-electron chi connectivity index (χ3n) is 2.59. The fraction of sp³-hybridized carbons (Fsp3) is 0.188. The molecule has 2 heteroatoms. The first kappa shape index (κ1) is 12.3. The number of para-hydroxylation sites is 2. The monoisotopic (exact) mass is 237 g/mol. The SMILES string of the molecule is CC(C)[N+](=C=Nc1ccccc1)c1ccccc1. The van der Waals surface area contributed by atoms with E-state index in [1.54, 1.807) is 0 Å². The molecule has 0 radical (unpaired) electrons. The van der Waals surface area contributed by atoms with Gasteiger partial charge >= 0.3 is 6.01 Å². The maximum Gasteiger partial charge on any atom is 0.318 e. The van der Waals surface area contributed by atoms with Gasteiger partial charge in [0, 0.05) is 4.99 Å². The lowest BCUT2D eigenvalue weighted by molar-refractivity contribution is -0.469. The number of rotatable bonds is 3. The summed E-state index contributed by atoms with van der Waals surface area (Å²) in [4.78, 5) is 4.38. The van der Waals surface area contributed by atoms with Crippen LogP contribution in [0.15, 0.2) is 65.7 Å². The zero-order valence-electron chi connectivity index (χ0n) is 10.7. The Balaban J connectivity index is 2.40. The van der Waals surface area contributed by atoms with Crippen LogP contribution in [0, 0.1) is 0 Å². The average Bonchev–Trinajstić information content (AvgIpc) is 2.41. The Kier molecular flexibility index (Phi) is 4.06. The fourth-order valence-electron chi connectivity index (χ4n) is 1.67. The van der Waals surface area contributed by atoms with Crippen LogP contribution in [0.3, 0.4) is 0 Å². The van der Waals surface area contributed by atoms with Gasteiger partial charge in [0.15, 0.2) is 5.69 Å². The van der Waals surface area contributed by atoms with E-state index >= 15 is 0 Å². The molecule has 0 bridgehead atoms. The zero-order chi connectivity index (χ0) is 12.8. The van der Waals surface area contributed by atoms with Crippen LogP contribution in [0.25, 0.3) is 0 Å². The second kappa shape index (κ2) is 5.95. The van der Waals surface area contributed by atoms with E-state index in [-0.39, 0.29) is 0 Å². The average molecular weight is 237 g/mol. The van der Waals surface area contributed by atoms with Crippen molar-refractivity contribution in [3.05, 3.63) is 60.7 Å². The molecule has 0 fully saturated rings. The molecular formula is C16H17N2+. The normalized spacial score (nSPS) is 9.94. The molecule has 0 aromatic heterocycles. The minimum atomic E-state index is 0.319. The zero-order valence-corrected chi connectivity index (χ0v) is 10.7. The molecule has 0 saturated carbocycles. The summed E-state index contributed by atoms with van der Waals surface area (Å²) in [6.07, 6.45) is 0. The smallest absolute Gasteiger partial charge is 0.183 e. The molecule has 0 amide bonds. The van der Waals surface area contributed by atoms with E-state index in [0.717, 1.165) is 11.4 Å². The van der Waals surface area contributed by atoms with Gasteiger partial charge in [-0.3, -0.25) is 0 Å². The van der Waals surface area contributed by atoms with Gasteiger partial charge in [-0.05, 0) is 38.1 Å². The van der Waals surface area contributed by atoms with Crippen LogP contribution in [-0.2, 0) is 0 Å². The highest BCUT2D eigenvalue weighted by atomic mass is 15.0. The van der Waals surface area contributed by atoms with Crippen molar-refractivity contribution in [3.8, 4) is 0 Å². The van der Waals surface area contributed by atoms with Crippen molar-refractivity contribution >= 4 is 17.4 Å². The van der Waals surface area contributed by atoms with Gasteiger partial charge in [0.25, 0.3) is 0 Å². The van der Waals surface area contributed by atoms with Crippen LogP contribution in [0.4, 0.5) is 11.4 Å². The van der Waals surface area contributed by atoms with Gasteiger partial charge in [0.05, 0.1) is 0 Å². The number of aliphatic imine (C=N–C) groups is 1. The van der Waals surface area contributed by atoms with Crippen LogP contribution < -0.4 is 0 Å². The molecule has 18 heavy (non-hydrogen) atoms. The van der Waals surface area contributed by atoms with Gasteiger partial charge < -0.3 is 0 Å². The Hall–Kier alpha value is -2.18. The van der Waals surface area contributed by atoms with Gasteiger partial charge in [0.2, 0.25) is 0 Å². The lowest BCUT2D eigenvalue weighted by atomic mass is 10.3. The van der Waals surface area contributed by atoms with E-state index in [0.29, 0.717) is 6.04 Å². The van der Waals surface area contributed by atoms with Gasteiger partial charge in [-0.1, -0.05) is 36.4 Å². The summed E-state index contributed by atoms with van der Waals surface area (Å²) in [6, 6.07) is 23.5. The molecular weight excluding hydrogens is 220 g/mol. The summed E-state index contributed by atoms with van der Waals surface area (Å²) in [5.41, 5.74) is 2.02. The van der Waals surface area contributed by atoms with Crippen LogP contribution in [0.5, 0.6) is 0 Å². The molecule has 0 atom stereocenters. The molecule has 90 valence electrons. The van der Waals surface area contributed by atoms with Crippen LogP contribution in [-0.4, -0.2) is 16.6 Å². The first-order valence-corrected chi connectivity index (χ1v) is 6.13. The van der Waals surface area contributed by atoms with Crippen molar-refractivity contribution in [1.82, 2.24) is 0 Å². The van der Waals surface area contributed by atoms with E-state index in [9.17, 15) is 0 Å². The maximum absolute atomic E-state index is 4.38. The molecule has 0 aliphatic heterocycles. The van der Waals surface area contributed by atoms with Crippen molar-refractivity contribution in [1.29, 1.82) is 0 Å². The molecule has 0 aliphatic rings. The van der Waals surface area contributed by atoms with Crippen molar-refractivity contribution in [3.63, 3.8) is 0 Å². The Morgan fingerprint density at radius 3 is 2.00 bits per heavy atom. The Morgan fingerprint density at radius 2 is 1.44 bits per heavy atom. The predicted molar refractivity (Wildman–Crippen MR) is 75.0 cm³/mol. The standard InChI is InChI=1S/C16H17N2/c1-14(2)18(16-11-7-4-8-12-16)13-17-15-9-5-3-6-10-15/h3-12,14H,1-2H3/q+1. The van der Waals surface area contributed by atoms with Crippen molar-refractivity contribution in [2.24, 2.45) is 4.99 Å². The van der Waals surface area contributed by atoms with Crippen LogP contribution in [0.1, 0.15) is 13.8 Å². The Morgan fingerprint density at radius 1 is 0.889 bits per heavy atom. The first-order chi connectivity index (χ1) is 8.77. The highest BCUT2D eigenvalue weighted by Gasteiger charge is 2.08. The number of hydrogen-bond acceptors (Lipinski definition) is 1. The van der Waals surface area contributed by atoms with Gasteiger partial charge in [0.1, 0.15) is 11.7 Å². The molecule has 2 aromatic carbocycles. The summed E-state index contributed by atoms with van der Waals surface area (Å²) in [5, 5.41) is 0. The molecule has 2 aromatic rings. The quantitative estimate of drug-likeness (QED) is 0.560. The van der Waals surface area contributed by atoms with E-state index in [4.69, 9.17) is 0 Å². The summed E-state index contributed by atoms with van der Waals surface area (Å²) < 4.78 is 2.03. The van der Waals surface area contributed by atoms with Crippen LogP contribution in [0.2, 0.25) is 0 Å².